The molecule has 30 heavy (non-hydrogen) atoms. The van der Waals surface area contributed by atoms with Crippen LogP contribution in [0.5, 0.6) is 5.75 Å². The zero-order valence-electron chi connectivity index (χ0n) is 16.0. The van der Waals surface area contributed by atoms with Gasteiger partial charge in [0.25, 0.3) is 0 Å². The average molecular weight is 420 g/mol. The third kappa shape index (κ3) is 3.60. The lowest BCUT2D eigenvalue weighted by atomic mass is 10.1. The van der Waals surface area contributed by atoms with Gasteiger partial charge in [-0.3, -0.25) is 0 Å². The number of benzene rings is 1. The Morgan fingerprint density at radius 1 is 1.03 bits per heavy atom. The number of imidazole rings is 1. The van der Waals surface area contributed by atoms with Crippen molar-refractivity contribution in [3.63, 3.8) is 0 Å². The summed E-state index contributed by atoms with van der Waals surface area (Å²) in [5.41, 5.74) is 2.18. The predicted octanol–water partition coefficient (Wildman–Crippen LogP) is 2.60. The van der Waals surface area contributed by atoms with Crippen molar-refractivity contribution in [2.45, 2.75) is 19.3 Å². The lowest BCUT2D eigenvalue weighted by Crippen LogP contribution is -2.36. The van der Waals surface area contributed by atoms with Gasteiger partial charge < -0.3 is 18.9 Å². The van der Waals surface area contributed by atoms with E-state index in [-0.39, 0.29) is 5.82 Å². The topological polar surface area (TPSA) is 70.2 Å². The Hall–Kier alpha value is -3.08. The van der Waals surface area contributed by atoms with Gasteiger partial charge in [-0.25, -0.2) is 14.6 Å². The van der Waals surface area contributed by atoms with E-state index in [1.807, 2.05) is 22.8 Å². The van der Waals surface area contributed by atoms with Gasteiger partial charge in [0.15, 0.2) is 5.82 Å². The molecule has 0 radical (unpaired) electrons. The van der Waals surface area contributed by atoms with Crippen LogP contribution >= 0.6 is 0 Å². The van der Waals surface area contributed by atoms with Crippen molar-refractivity contribution in [2.24, 2.45) is 0 Å². The van der Waals surface area contributed by atoms with Crippen LogP contribution in [0.15, 0.2) is 30.7 Å². The fourth-order valence-electron chi connectivity index (χ4n) is 3.74. The summed E-state index contributed by atoms with van der Waals surface area (Å²) in [4.78, 5) is 10.8. The maximum Gasteiger partial charge on any atom is 0.408 e. The van der Waals surface area contributed by atoms with Crippen molar-refractivity contribution in [3.05, 3.63) is 30.7 Å². The monoisotopic (exact) mass is 420 g/mol. The first-order valence-electron chi connectivity index (χ1n) is 9.60. The van der Waals surface area contributed by atoms with Crippen LogP contribution in [0, 0.1) is 0 Å². The standard InChI is InChI=1S/C19H19F3N6O2/c20-19(21,22)11-28-18(23-12-24-28)15-10-27-5-8-30-16-9-13(26-3-6-29-7-4-26)1-2-14(16)17(27)25-15/h1-2,9-10,12H,3-8,11H2. The third-order valence-electron chi connectivity index (χ3n) is 5.12. The Labute approximate surface area is 169 Å². The van der Waals surface area contributed by atoms with E-state index in [9.17, 15) is 13.2 Å². The number of alkyl halides is 3. The molecular formula is C19H19F3N6O2. The number of ether oxygens (including phenoxy) is 2. The van der Waals surface area contributed by atoms with Crippen LogP contribution in [-0.4, -0.2) is 63.4 Å². The molecule has 5 rings (SSSR count). The van der Waals surface area contributed by atoms with Crippen LogP contribution in [0.25, 0.3) is 22.9 Å². The maximum absolute atomic E-state index is 12.8. The normalized spacial score (nSPS) is 16.6. The van der Waals surface area contributed by atoms with E-state index in [1.165, 1.54) is 0 Å². The number of fused-ring (bicyclic) bond motifs is 3. The average Bonchev–Trinajstić information content (AvgIpc) is 3.30. The predicted molar refractivity (Wildman–Crippen MR) is 101 cm³/mol. The number of halogens is 3. The van der Waals surface area contributed by atoms with Gasteiger partial charge in [0.05, 0.1) is 25.3 Å². The molecule has 0 amide bonds. The van der Waals surface area contributed by atoms with Gasteiger partial charge in [-0.1, -0.05) is 0 Å². The number of nitrogens with zero attached hydrogens (tertiary/aromatic N) is 6. The van der Waals surface area contributed by atoms with E-state index in [2.05, 4.69) is 20.0 Å². The second kappa shape index (κ2) is 7.31. The van der Waals surface area contributed by atoms with Crippen molar-refractivity contribution >= 4 is 5.69 Å². The summed E-state index contributed by atoms with van der Waals surface area (Å²) in [6, 6.07) is 5.93. The Balaban J connectivity index is 1.50. The number of hydrogen-bond donors (Lipinski definition) is 0. The first-order valence-corrected chi connectivity index (χ1v) is 9.60. The molecule has 11 heteroatoms. The van der Waals surface area contributed by atoms with E-state index >= 15 is 0 Å². The largest absolute Gasteiger partial charge is 0.491 e. The molecule has 0 atom stereocenters. The molecule has 1 saturated heterocycles. The lowest BCUT2D eigenvalue weighted by molar-refractivity contribution is -0.142. The van der Waals surface area contributed by atoms with Crippen molar-refractivity contribution in [2.75, 3.05) is 37.8 Å². The van der Waals surface area contributed by atoms with Crippen LogP contribution in [0.1, 0.15) is 0 Å². The molecule has 2 aliphatic rings. The van der Waals surface area contributed by atoms with Crippen molar-refractivity contribution < 1.29 is 22.6 Å². The van der Waals surface area contributed by atoms with Gasteiger partial charge in [-0.15, -0.1) is 0 Å². The lowest BCUT2D eigenvalue weighted by Gasteiger charge is -2.29. The van der Waals surface area contributed by atoms with Crippen LogP contribution < -0.4 is 9.64 Å². The quantitative estimate of drug-likeness (QED) is 0.649. The summed E-state index contributed by atoms with van der Waals surface area (Å²) in [5.74, 6) is 1.42. The summed E-state index contributed by atoms with van der Waals surface area (Å²) in [5, 5.41) is 3.71. The fourth-order valence-corrected chi connectivity index (χ4v) is 3.74. The highest BCUT2D eigenvalue weighted by Gasteiger charge is 2.31. The van der Waals surface area contributed by atoms with E-state index in [0.29, 0.717) is 43.6 Å². The molecule has 2 aromatic heterocycles. The van der Waals surface area contributed by atoms with Crippen LogP contribution in [0.4, 0.5) is 18.9 Å². The number of morpholine rings is 1. The van der Waals surface area contributed by atoms with E-state index in [4.69, 9.17) is 9.47 Å². The zero-order valence-corrected chi connectivity index (χ0v) is 16.0. The van der Waals surface area contributed by atoms with Gasteiger partial charge >= 0.3 is 6.18 Å². The van der Waals surface area contributed by atoms with E-state index < -0.39 is 12.7 Å². The van der Waals surface area contributed by atoms with Crippen LogP contribution in [-0.2, 0) is 17.8 Å². The second-order valence-electron chi connectivity index (χ2n) is 7.13. The number of hydrogen-bond acceptors (Lipinski definition) is 6. The summed E-state index contributed by atoms with van der Waals surface area (Å²) < 4.78 is 52.6. The molecule has 8 nitrogen and oxygen atoms in total. The minimum Gasteiger partial charge on any atom is -0.491 e. The van der Waals surface area contributed by atoms with Crippen LogP contribution in [0.2, 0.25) is 0 Å². The molecule has 1 aromatic carbocycles. The van der Waals surface area contributed by atoms with Gasteiger partial charge in [0.1, 0.15) is 36.7 Å². The van der Waals surface area contributed by atoms with Crippen molar-refractivity contribution in [3.8, 4) is 28.7 Å². The molecule has 0 bridgehead atoms. The highest BCUT2D eigenvalue weighted by Crippen LogP contribution is 2.36. The second-order valence-corrected chi connectivity index (χ2v) is 7.13. The molecule has 2 aliphatic heterocycles. The van der Waals surface area contributed by atoms with E-state index in [1.54, 1.807) is 6.20 Å². The minimum absolute atomic E-state index is 0.0836. The fraction of sp³-hybridized carbons (Fsp3) is 0.421. The highest BCUT2D eigenvalue weighted by molar-refractivity contribution is 5.72. The molecule has 3 aromatic rings. The molecule has 0 N–H and O–H groups in total. The number of aromatic nitrogens is 5. The molecule has 0 unspecified atom stereocenters. The van der Waals surface area contributed by atoms with Gasteiger partial charge in [-0.2, -0.15) is 18.3 Å². The number of rotatable bonds is 3. The van der Waals surface area contributed by atoms with Crippen LogP contribution in [0.3, 0.4) is 0 Å². The smallest absolute Gasteiger partial charge is 0.408 e. The Morgan fingerprint density at radius 3 is 2.67 bits per heavy atom. The van der Waals surface area contributed by atoms with E-state index in [0.717, 1.165) is 35.3 Å². The summed E-state index contributed by atoms with van der Waals surface area (Å²) in [6.07, 6.45) is -1.59. The summed E-state index contributed by atoms with van der Waals surface area (Å²) in [7, 11) is 0. The molecule has 0 aliphatic carbocycles. The summed E-state index contributed by atoms with van der Waals surface area (Å²) in [6.45, 7) is 2.73. The molecule has 4 heterocycles. The van der Waals surface area contributed by atoms with Crippen molar-refractivity contribution in [1.29, 1.82) is 0 Å². The van der Waals surface area contributed by atoms with Crippen molar-refractivity contribution in [1.82, 2.24) is 24.3 Å². The Kier molecular flexibility index (Phi) is 4.61. The molecule has 0 saturated carbocycles. The Morgan fingerprint density at radius 2 is 1.87 bits per heavy atom. The van der Waals surface area contributed by atoms with Gasteiger partial charge in [-0.05, 0) is 12.1 Å². The SMILES string of the molecule is FC(F)(F)Cn1ncnc1-c1cn2c(n1)-c1ccc(N3CCOCC3)cc1OCC2. The first-order chi connectivity index (χ1) is 14.5. The molecule has 158 valence electrons. The summed E-state index contributed by atoms with van der Waals surface area (Å²) >= 11 is 0. The third-order valence-corrected chi connectivity index (χ3v) is 5.12. The zero-order chi connectivity index (χ0) is 20.7. The van der Waals surface area contributed by atoms with Gasteiger partial charge in [0.2, 0.25) is 0 Å². The molecule has 0 spiro atoms. The highest BCUT2D eigenvalue weighted by atomic mass is 19.4. The molecule has 1 fully saturated rings. The Bertz CT molecular complexity index is 1050. The van der Waals surface area contributed by atoms with Gasteiger partial charge in [0, 0.05) is 31.0 Å². The minimum atomic E-state index is -4.39. The molecular weight excluding hydrogens is 401 g/mol. The maximum atomic E-state index is 12.8. The number of anilines is 1. The first kappa shape index (κ1) is 18.9.